The summed E-state index contributed by atoms with van der Waals surface area (Å²) in [5, 5.41) is 9.65. The number of rotatable bonds is 3. The van der Waals surface area contributed by atoms with Gasteiger partial charge in [-0.05, 0) is 26.2 Å². The van der Waals surface area contributed by atoms with Gasteiger partial charge < -0.3 is 16.0 Å². The SMILES string of the molecule is CNC(=O)C1(C)CCN(C(=O)c2n[nH]c(C3CC3)c2N)C1. The Morgan fingerprint density at radius 1 is 1.48 bits per heavy atom. The molecule has 1 aromatic rings. The largest absolute Gasteiger partial charge is 0.395 e. The molecule has 2 aliphatic rings. The minimum Gasteiger partial charge on any atom is -0.395 e. The molecular formula is C14H21N5O2. The van der Waals surface area contributed by atoms with Gasteiger partial charge in [0.05, 0.1) is 16.8 Å². The van der Waals surface area contributed by atoms with Crippen LogP contribution in [0.1, 0.15) is 48.3 Å². The minimum atomic E-state index is -0.533. The van der Waals surface area contributed by atoms with Gasteiger partial charge >= 0.3 is 0 Å². The van der Waals surface area contributed by atoms with E-state index in [4.69, 9.17) is 5.73 Å². The van der Waals surface area contributed by atoms with Crippen molar-refractivity contribution in [3.63, 3.8) is 0 Å². The first-order valence-electron chi connectivity index (χ1n) is 7.31. The van der Waals surface area contributed by atoms with E-state index in [9.17, 15) is 9.59 Å². The van der Waals surface area contributed by atoms with Crippen molar-refractivity contribution < 1.29 is 9.59 Å². The van der Waals surface area contributed by atoms with Crippen LogP contribution in [0.3, 0.4) is 0 Å². The van der Waals surface area contributed by atoms with Gasteiger partial charge in [-0.3, -0.25) is 14.7 Å². The van der Waals surface area contributed by atoms with Crippen LogP contribution in [-0.2, 0) is 4.79 Å². The van der Waals surface area contributed by atoms with E-state index >= 15 is 0 Å². The van der Waals surface area contributed by atoms with Gasteiger partial charge in [-0.1, -0.05) is 0 Å². The van der Waals surface area contributed by atoms with Gasteiger partial charge in [-0.2, -0.15) is 5.10 Å². The fraction of sp³-hybridized carbons (Fsp3) is 0.643. The first-order chi connectivity index (χ1) is 9.96. The monoisotopic (exact) mass is 291 g/mol. The van der Waals surface area contributed by atoms with E-state index in [1.807, 2.05) is 6.92 Å². The molecule has 4 N–H and O–H groups in total. The van der Waals surface area contributed by atoms with Crippen LogP contribution in [0.15, 0.2) is 0 Å². The maximum Gasteiger partial charge on any atom is 0.276 e. The number of nitrogens with two attached hydrogens (primary N) is 1. The van der Waals surface area contributed by atoms with E-state index in [1.165, 1.54) is 0 Å². The molecular weight excluding hydrogens is 270 g/mol. The van der Waals surface area contributed by atoms with E-state index in [-0.39, 0.29) is 17.5 Å². The van der Waals surface area contributed by atoms with Crippen molar-refractivity contribution in [2.24, 2.45) is 5.41 Å². The van der Waals surface area contributed by atoms with Crippen LogP contribution in [0.5, 0.6) is 0 Å². The van der Waals surface area contributed by atoms with Crippen LogP contribution in [0.25, 0.3) is 0 Å². The van der Waals surface area contributed by atoms with Crippen molar-refractivity contribution in [2.75, 3.05) is 25.9 Å². The van der Waals surface area contributed by atoms with Crippen molar-refractivity contribution in [2.45, 2.75) is 32.1 Å². The molecule has 7 nitrogen and oxygen atoms in total. The summed E-state index contributed by atoms with van der Waals surface area (Å²) >= 11 is 0. The van der Waals surface area contributed by atoms with Crippen molar-refractivity contribution in [3.05, 3.63) is 11.4 Å². The summed E-state index contributed by atoms with van der Waals surface area (Å²) in [5.41, 5.74) is 7.15. The lowest BCUT2D eigenvalue weighted by molar-refractivity contribution is -0.128. The number of carbonyl (C=O) groups is 2. The standard InChI is InChI=1S/C14H21N5O2/c1-14(13(21)16-2)5-6-19(7-14)12(20)11-9(15)10(17-18-11)8-3-4-8/h8H,3-7,15H2,1-2H3,(H,16,21)(H,17,18). The van der Waals surface area contributed by atoms with Crippen LogP contribution in [-0.4, -0.2) is 47.0 Å². The number of aromatic amines is 1. The molecule has 21 heavy (non-hydrogen) atoms. The van der Waals surface area contributed by atoms with Gasteiger partial charge in [-0.25, -0.2) is 0 Å². The number of aromatic nitrogens is 2. The Morgan fingerprint density at radius 2 is 2.19 bits per heavy atom. The average molecular weight is 291 g/mol. The Bertz CT molecular complexity index is 592. The lowest BCUT2D eigenvalue weighted by Crippen LogP contribution is -2.40. The molecule has 1 aromatic heterocycles. The summed E-state index contributed by atoms with van der Waals surface area (Å²) in [6.07, 6.45) is 2.84. The number of anilines is 1. The number of nitrogens with one attached hydrogen (secondary N) is 2. The summed E-state index contributed by atoms with van der Waals surface area (Å²) in [4.78, 5) is 26.1. The highest BCUT2D eigenvalue weighted by molar-refractivity contribution is 5.98. The van der Waals surface area contributed by atoms with E-state index in [2.05, 4.69) is 15.5 Å². The maximum atomic E-state index is 12.6. The van der Waals surface area contributed by atoms with Crippen LogP contribution in [0, 0.1) is 5.41 Å². The third-order valence-electron chi connectivity index (χ3n) is 4.56. The minimum absolute atomic E-state index is 0.0357. The molecule has 1 saturated heterocycles. The molecule has 1 aliphatic heterocycles. The highest BCUT2D eigenvalue weighted by Gasteiger charge is 2.42. The summed E-state index contributed by atoms with van der Waals surface area (Å²) in [6, 6.07) is 0. The molecule has 0 aromatic carbocycles. The van der Waals surface area contributed by atoms with Gasteiger partial charge in [0.2, 0.25) is 5.91 Å². The number of carbonyl (C=O) groups excluding carboxylic acids is 2. The average Bonchev–Trinajstić information content (AvgIpc) is 3.13. The van der Waals surface area contributed by atoms with Gasteiger partial charge in [0.25, 0.3) is 5.91 Å². The number of nitrogens with zero attached hydrogens (tertiary/aromatic N) is 2. The Hall–Kier alpha value is -2.05. The van der Waals surface area contributed by atoms with Crippen LogP contribution in [0.2, 0.25) is 0 Å². The van der Waals surface area contributed by atoms with Crippen molar-refractivity contribution in [3.8, 4) is 0 Å². The summed E-state index contributed by atoms with van der Waals surface area (Å²) in [7, 11) is 1.62. The molecule has 114 valence electrons. The number of likely N-dealkylation sites (tertiary alicyclic amines) is 1. The number of amides is 2. The first-order valence-corrected chi connectivity index (χ1v) is 7.31. The van der Waals surface area contributed by atoms with Gasteiger partial charge in [0.15, 0.2) is 5.69 Å². The fourth-order valence-corrected chi connectivity index (χ4v) is 2.98. The molecule has 2 heterocycles. The van der Waals surface area contributed by atoms with E-state index in [0.29, 0.717) is 31.1 Å². The zero-order valence-electron chi connectivity index (χ0n) is 12.4. The lowest BCUT2D eigenvalue weighted by Gasteiger charge is -2.22. The molecule has 0 radical (unpaired) electrons. The predicted octanol–water partition coefficient (Wildman–Crippen LogP) is 0.467. The Morgan fingerprint density at radius 3 is 2.81 bits per heavy atom. The third-order valence-corrected chi connectivity index (χ3v) is 4.56. The highest BCUT2D eigenvalue weighted by atomic mass is 16.2. The zero-order valence-corrected chi connectivity index (χ0v) is 12.4. The normalized spacial score (nSPS) is 25.1. The summed E-state index contributed by atoms with van der Waals surface area (Å²) < 4.78 is 0. The van der Waals surface area contributed by atoms with Crippen LogP contribution < -0.4 is 11.1 Å². The number of H-pyrrole nitrogens is 1. The number of hydrogen-bond acceptors (Lipinski definition) is 4. The molecule has 0 spiro atoms. The predicted molar refractivity (Wildman–Crippen MR) is 77.7 cm³/mol. The van der Waals surface area contributed by atoms with Crippen LogP contribution >= 0.6 is 0 Å². The summed E-state index contributed by atoms with van der Waals surface area (Å²) in [5.74, 6) is 0.198. The number of hydrogen-bond donors (Lipinski definition) is 3. The topological polar surface area (TPSA) is 104 Å². The van der Waals surface area contributed by atoms with E-state index < -0.39 is 5.41 Å². The molecule has 7 heteroatoms. The molecule has 2 amide bonds. The third kappa shape index (κ3) is 2.26. The fourth-order valence-electron chi connectivity index (χ4n) is 2.98. The Labute approximate surface area is 123 Å². The highest BCUT2D eigenvalue weighted by Crippen LogP contribution is 2.42. The van der Waals surface area contributed by atoms with Crippen molar-refractivity contribution >= 4 is 17.5 Å². The first kappa shape index (κ1) is 13.9. The molecule has 1 unspecified atom stereocenters. The van der Waals surface area contributed by atoms with Gasteiger partial charge in [-0.15, -0.1) is 0 Å². The quantitative estimate of drug-likeness (QED) is 0.753. The molecule has 0 bridgehead atoms. The molecule has 1 saturated carbocycles. The van der Waals surface area contributed by atoms with E-state index in [0.717, 1.165) is 18.5 Å². The maximum absolute atomic E-state index is 12.6. The second-order valence-electron chi connectivity index (χ2n) is 6.29. The van der Waals surface area contributed by atoms with Crippen molar-refractivity contribution in [1.82, 2.24) is 20.4 Å². The van der Waals surface area contributed by atoms with Gasteiger partial charge in [0.1, 0.15) is 0 Å². The van der Waals surface area contributed by atoms with Crippen LogP contribution in [0.4, 0.5) is 5.69 Å². The lowest BCUT2D eigenvalue weighted by atomic mass is 9.89. The Kier molecular flexibility index (Phi) is 3.15. The smallest absolute Gasteiger partial charge is 0.276 e. The second-order valence-corrected chi connectivity index (χ2v) is 6.29. The Balaban J connectivity index is 1.76. The molecule has 2 fully saturated rings. The molecule has 1 atom stereocenters. The second kappa shape index (κ2) is 4.75. The molecule has 1 aliphatic carbocycles. The van der Waals surface area contributed by atoms with E-state index in [1.54, 1.807) is 11.9 Å². The summed E-state index contributed by atoms with van der Waals surface area (Å²) in [6.45, 7) is 2.83. The zero-order chi connectivity index (χ0) is 15.2. The number of nitrogen functional groups attached to an aromatic ring is 1. The molecule has 3 rings (SSSR count). The van der Waals surface area contributed by atoms with Crippen molar-refractivity contribution in [1.29, 1.82) is 0 Å². The van der Waals surface area contributed by atoms with Gasteiger partial charge in [0, 0.05) is 26.1 Å².